The van der Waals surface area contributed by atoms with E-state index in [2.05, 4.69) is 26.1 Å². The average molecular weight is 527 g/mol. The SMILES string of the molecule is C[C@H](NC(=O)c1cc(F)c(N2CC(CC#N)(n3cc(-c4ncnc5[nH]ccc45)cn3)C2)cc1N)C(F)(F)F. The number of rotatable bonds is 6. The highest BCUT2D eigenvalue weighted by Crippen LogP contribution is 2.39. The molecule has 1 aromatic carbocycles. The van der Waals surface area contributed by atoms with Gasteiger partial charge in [0.15, 0.2) is 0 Å². The van der Waals surface area contributed by atoms with Crippen molar-refractivity contribution < 1.29 is 22.4 Å². The molecule has 1 fully saturated rings. The topological polar surface area (TPSA) is 142 Å². The molecule has 1 amide bonds. The van der Waals surface area contributed by atoms with Gasteiger partial charge in [-0.3, -0.25) is 9.48 Å². The lowest BCUT2D eigenvalue weighted by Gasteiger charge is -2.50. The van der Waals surface area contributed by atoms with Crippen molar-refractivity contribution in [1.82, 2.24) is 30.0 Å². The first-order chi connectivity index (χ1) is 18.0. The predicted molar refractivity (Wildman–Crippen MR) is 129 cm³/mol. The Kier molecular flexibility index (Phi) is 5.93. The van der Waals surface area contributed by atoms with E-state index in [9.17, 15) is 23.2 Å². The largest absolute Gasteiger partial charge is 0.408 e. The van der Waals surface area contributed by atoms with Crippen molar-refractivity contribution in [2.75, 3.05) is 23.7 Å². The first-order valence-electron chi connectivity index (χ1n) is 11.4. The minimum absolute atomic E-state index is 0.0636. The Morgan fingerprint density at radius 1 is 1.34 bits per heavy atom. The van der Waals surface area contributed by atoms with Crippen LogP contribution >= 0.6 is 0 Å². The van der Waals surface area contributed by atoms with Gasteiger partial charge >= 0.3 is 6.18 Å². The van der Waals surface area contributed by atoms with Crippen molar-refractivity contribution in [2.24, 2.45) is 0 Å². The fourth-order valence-electron chi connectivity index (χ4n) is 4.50. The number of amides is 1. The summed E-state index contributed by atoms with van der Waals surface area (Å²) in [5.74, 6) is -1.96. The average Bonchev–Trinajstić information content (AvgIpc) is 3.52. The van der Waals surface area contributed by atoms with E-state index < -0.39 is 35.0 Å². The Labute approximate surface area is 213 Å². The van der Waals surface area contributed by atoms with E-state index in [4.69, 9.17) is 5.73 Å². The number of benzene rings is 1. The summed E-state index contributed by atoms with van der Waals surface area (Å²) in [5, 5.41) is 16.5. The molecular formula is C24H21F4N9O. The van der Waals surface area contributed by atoms with Crippen molar-refractivity contribution in [3.8, 4) is 17.3 Å². The van der Waals surface area contributed by atoms with E-state index in [0.717, 1.165) is 18.4 Å². The van der Waals surface area contributed by atoms with E-state index in [-0.39, 0.29) is 30.9 Å². The zero-order chi connectivity index (χ0) is 27.2. The first kappa shape index (κ1) is 25.0. The summed E-state index contributed by atoms with van der Waals surface area (Å²) in [6.07, 6.45) is 2.01. The van der Waals surface area contributed by atoms with Crippen molar-refractivity contribution in [3.63, 3.8) is 0 Å². The molecule has 0 aliphatic carbocycles. The van der Waals surface area contributed by atoms with Gasteiger partial charge in [0, 0.05) is 42.1 Å². The van der Waals surface area contributed by atoms with Crippen LogP contribution in [0.2, 0.25) is 0 Å². The maximum absolute atomic E-state index is 15.0. The van der Waals surface area contributed by atoms with Crippen LogP contribution in [-0.4, -0.2) is 55.9 Å². The number of hydrogen-bond acceptors (Lipinski definition) is 7. The number of carbonyl (C=O) groups excluding carboxylic acids is 1. The molecule has 10 nitrogen and oxygen atoms in total. The second-order valence-corrected chi connectivity index (χ2v) is 9.18. The van der Waals surface area contributed by atoms with E-state index in [1.54, 1.807) is 33.5 Å². The highest BCUT2D eigenvalue weighted by Gasteiger charge is 2.46. The third kappa shape index (κ3) is 4.25. The third-order valence-corrected chi connectivity index (χ3v) is 6.62. The number of nitrogens with one attached hydrogen (secondary N) is 2. The van der Waals surface area contributed by atoms with E-state index in [0.29, 0.717) is 16.9 Å². The van der Waals surface area contributed by atoms with Gasteiger partial charge in [-0.25, -0.2) is 14.4 Å². The molecule has 5 rings (SSSR count). The number of H-pyrrole nitrogens is 1. The number of hydrogen-bond donors (Lipinski definition) is 3. The van der Waals surface area contributed by atoms with Crippen molar-refractivity contribution in [2.45, 2.75) is 31.1 Å². The summed E-state index contributed by atoms with van der Waals surface area (Å²) >= 11 is 0. The lowest BCUT2D eigenvalue weighted by atomic mass is 9.86. The molecular weight excluding hydrogens is 506 g/mol. The molecule has 4 N–H and O–H groups in total. The van der Waals surface area contributed by atoms with Crippen molar-refractivity contribution >= 4 is 28.3 Å². The minimum atomic E-state index is -4.65. The van der Waals surface area contributed by atoms with Gasteiger partial charge in [-0.1, -0.05) is 0 Å². The van der Waals surface area contributed by atoms with Gasteiger partial charge in [0.1, 0.15) is 29.4 Å². The number of nitriles is 1. The highest BCUT2D eigenvalue weighted by atomic mass is 19.4. The Morgan fingerprint density at radius 2 is 2.11 bits per heavy atom. The molecule has 0 spiro atoms. The van der Waals surface area contributed by atoms with Crippen LogP contribution in [0.1, 0.15) is 23.7 Å². The van der Waals surface area contributed by atoms with Gasteiger partial charge in [-0.05, 0) is 25.1 Å². The zero-order valence-electron chi connectivity index (χ0n) is 19.9. The van der Waals surface area contributed by atoms with Gasteiger partial charge in [0.25, 0.3) is 5.91 Å². The summed E-state index contributed by atoms with van der Waals surface area (Å²) in [4.78, 5) is 25.4. The Balaban J connectivity index is 1.37. The van der Waals surface area contributed by atoms with Crippen LogP contribution in [0.15, 0.2) is 43.1 Å². The van der Waals surface area contributed by atoms with Crippen LogP contribution in [0.5, 0.6) is 0 Å². The summed E-state index contributed by atoms with van der Waals surface area (Å²) < 4.78 is 55.0. The second-order valence-electron chi connectivity index (χ2n) is 9.18. The number of aromatic nitrogens is 5. The summed E-state index contributed by atoms with van der Waals surface area (Å²) in [5.41, 5.74) is 6.69. The molecule has 196 valence electrons. The van der Waals surface area contributed by atoms with Crippen LogP contribution in [0.3, 0.4) is 0 Å². The van der Waals surface area contributed by atoms with Crippen molar-refractivity contribution in [1.29, 1.82) is 5.26 Å². The highest BCUT2D eigenvalue weighted by molar-refractivity contribution is 6.00. The smallest absolute Gasteiger partial charge is 0.398 e. The standard InChI is InChI=1S/C24H21F4N9O/c1-13(24(26,27)28)35-22(38)16-6-17(25)19(7-18(16)30)36-10-23(11-36,3-4-29)37-9-14(8-34-37)20-15-2-5-31-21(15)33-12-32-20/h2,5-9,12-13H,3,10-11,30H2,1H3,(H,35,38)(H,31,32,33)/t13-/m0/s1. The Hall–Kier alpha value is -4.67. The fraction of sp³-hybridized carbons (Fsp3) is 0.292. The third-order valence-electron chi connectivity index (χ3n) is 6.62. The molecule has 0 saturated carbocycles. The van der Waals surface area contributed by atoms with Crippen LogP contribution in [0.25, 0.3) is 22.3 Å². The number of nitrogens with two attached hydrogens (primary N) is 1. The number of aromatic amines is 1. The van der Waals surface area contributed by atoms with Crippen LogP contribution < -0.4 is 16.0 Å². The normalized spacial score (nSPS) is 15.6. The second kappa shape index (κ2) is 9.02. The minimum Gasteiger partial charge on any atom is -0.398 e. The molecule has 1 aliphatic rings. The Bertz CT molecular complexity index is 1560. The number of nitrogens with zero attached hydrogens (tertiary/aromatic N) is 6. The van der Waals surface area contributed by atoms with Crippen LogP contribution in [-0.2, 0) is 5.54 Å². The molecule has 4 aromatic rings. The van der Waals surface area contributed by atoms with Crippen molar-refractivity contribution in [3.05, 3.63) is 54.5 Å². The molecule has 14 heteroatoms. The number of fused-ring (bicyclic) bond motifs is 1. The molecule has 3 aromatic heterocycles. The maximum atomic E-state index is 15.0. The van der Waals surface area contributed by atoms with E-state index >= 15 is 4.39 Å². The molecule has 4 heterocycles. The first-order valence-corrected chi connectivity index (χ1v) is 11.4. The Morgan fingerprint density at radius 3 is 2.82 bits per heavy atom. The molecule has 0 radical (unpaired) electrons. The van der Waals surface area contributed by atoms with Crippen LogP contribution in [0, 0.1) is 17.1 Å². The van der Waals surface area contributed by atoms with Gasteiger partial charge in [0.2, 0.25) is 0 Å². The lowest BCUT2D eigenvalue weighted by molar-refractivity contribution is -0.149. The number of halogens is 4. The number of nitrogen functional groups attached to an aromatic ring is 1. The summed E-state index contributed by atoms with van der Waals surface area (Å²) in [7, 11) is 0. The lowest BCUT2D eigenvalue weighted by Crippen LogP contribution is -2.63. The van der Waals surface area contributed by atoms with Gasteiger partial charge in [-0.15, -0.1) is 0 Å². The molecule has 1 atom stereocenters. The molecule has 0 bridgehead atoms. The maximum Gasteiger partial charge on any atom is 0.408 e. The quantitative estimate of drug-likeness (QED) is 0.258. The van der Waals surface area contributed by atoms with E-state index in [1.807, 2.05) is 6.07 Å². The van der Waals surface area contributed by atoms with E-state index in [1.165, 1.54) is 12.4 Å². The number of alkyl halides is 3. The van der Waals surface area contributed by atoms with Crippen LogP contribution in [0.4, 0.5) is 28.9 Å². The molecule has 38 heavy (non-hydrogen) atoms. The van der Waals surface area contributed by atoms with Gasteiger partial charge in [0.05, 0.1) is 35.6 Å². The fourth-order valence-corrected chi connectivity index (χ4v) is 4.50. The zero-order valence-corrected chi connectivity index (χ0v) is 19.9. The number of carbonyl (C=O) groups is 1. The molecule has 1 aliphatic heterocycles. The molecule has 0 unspecified atom stereocenters. The monoisotopic (exact) mass is 527 g/mol. The summed E-state index contributed by atoms with van der Waals surface area (Å²) in [6.45, 7) is 1.19. The number of anilines is 2. The summed E-state index contributed by atoms with van der Waals surface area (Å²) in [6, 6.07) is 3.89. The van der Waals surface area contributed by atoms with Gasteiger partial charge in [-0.2, -0.15) is 23.5 Å². The molecule has 1 saturated heterocycles. The predicted octanol–water partition coefficient (Wildman–Crippen LogP) is 3.35. The van der Waals surface area contributed by atoms with Gasteiger partial charge < -0.3 is 20.9 Å².